The predicted molar refractivity (Wildman–Crippen MR) is 65.7 cm³/mol. The summed E-state index contributed by atoms with van der Waals surface area (Å²) in [4.78, 5) is 16.9. The Morgan fingerprint density at radius 1 is 1.35 bits per heavy atom. The van der Waals surface area contributed by atoms with Gasteiger partial charge >= 0.3 is 0 Å². The van der Waals surface area contributed by atoms with E-state index >= 15 is 0 Å². The minimum Gasteiger partial charge on any atom is -0.461 e. The van der Waals surface area contributed by atoms with Crippen molar-refractivity contribution in [3.05, 3.63) is 52.2 Å². The molecule has 0 bridgehead atoms. The molecule has 1 N–H and O–H groups in total. The molecule has 4 nitrogen and oxygen atoms in total. The normalized spacial score (nSPS) is 17.3. The Hall–Kier alpha value is -2.14. The van der Waals surface area contributed by atoms with Crippen LogP contribution >= 0.6 is 11.3 Å². The van der Waals surface area contributed by atoms with Crippen LogP contribution in [0.25, 0.3) is 6.08 Å². The molecule has 0 spiro atoms. The summed E-state index contributed by atoms with van der Waals surface area (Å²) in [6.07, 6.45) is 3.31. The van der Waals surface area contributed by atoms with E-state index in [1.54, 1.807) is 35.8 Å². The molecule has 5 heteroatoms. The van der Waals surface area contributed by atoms with Crippen LogP contribution in [-0.2, 0) is 4.79 Å². The molecule has 3 heterocycles. The maximum Gasteiger partial charge on any atom is 0.275 e. The lowest BCUT2D eigenvalue weighted by atomic mass is 10.3. The van der Waals surface area contributed by atoms with Crippen molar-refractivity contribution in [2.75, 3.05) is 0 Å². The third kappa shape index (κ3) is 1.92. The van der Waals surface area contributed by atoms with Gasteiger partial charge in [-0.25, -0.2) is 4.99 Å². The molecular formula is C12H8N2O2S. The van der Waals surface area contributed by atoms with Crippen LogP contribution in [0, 0.1) is 0 Å². The van der Waals surface area contributed by atoms with Crippen molar-refractivity contribution in [2.24, 2.45) is 4.99 Å². The first-order chi connectivity index (χ1) is 8.33. The van der Waals surface area contributed by atoms with E-state index in [0.29, 0.717) is 17.3 Å². The molecule has 17 heavy (non-hydrogen) atoms. The number of hydrogen-bond donors (Lipinski definition) is 1. The molecule has 0 atom stereocenters. The molecule has 0 fully saturated rings. The summed E-state index contributed by atoms with van der Waals surface area (Å²) < 4.78 is 5.18. The van der Waals surface area contributed by atoms with E-state index in [1.165, 1.54) is 0 Å². The van der Waals surface area contributed by atoms with E-state index in [4.69, 9.17) is 4.42 Å². The van der Waals surface area contributed by atoms with Crippen LogP contribution in [-0.4, -0.2) is 11.7 Å². The van der Waals surface area contributed by atoms with E-state index in [1.807, 2.05) is 17.5 Å². The molecule has 0 unspecified atom stereocenters. The quantitative estimate of drug-likeness (QED) is 0.824. The Labute approximate surface area is 101 Å². The van der Waals surface area contributed by atoms with Crippen molar-refractivity contribution in [1.82, 2.24) is 5.32 Å². The zero-order chi connectivity index (χ0) is 11.7. The standard InChI is InChI=1S/C12H8N2O2S/c15-12-9(7-8-3-2-6-17-8)13-11(14-12)10-4-1-5-16-10/h1-7H,(H,13,14,15)/b9-7+. The van der Waals surface area contributed by atoms with Gasteiger partial charge < -0.3 is 9.73 Å². The van der Waals surface area contributed by atoms with E-state index in [0.717, 1.165) is 4.88 Å². The summed E-state index contributed by atoms with van der Waals surface area (Å²) in [6, 6.07) is 7.38. The lowest BCUT2D eigenvalue weighted by molar-refractivity contribution is -0.115. The van der Waals surface area contributed by atoms with Crippen molar-refractivity contribution in [3.8, 4) is 0 Å². The first-order valence-corrected chi connectivity index (χ1v) is 5.90. The van der Waals surface area contributed by atoms with Gasteiger partial charge in [-0.05, 0) is 29.7 Å². The van der Waals surface area contributed by atoms with Gasteiger partial charge in [-0.15, -0.1) is 11.3 Å². The van der Waals surface area contributed by atoms with Crippen molar-refractivity contribution in [1.29, 1.82) is 0 Å². The first kappa shape index (κ1) is 10.0. The highest BCUT2D eigenvalue weighted by Gasteiger charge is 2.22. The number of amides is 1. The van der Waals surface area contributed by atoms with Gasteiger partial charge in [-0.3, -0.25) is 4.79 Å². The summed E-state index contributed by atoms with van der Waals surface area (Å²) in [5.41, 5.74) is 0.402. The Morgan fingerprint density at radius 2 is 2.29 bits per heavy atom. The van der Waals surface area contributed by atoms with Crippen molar-refractivity contribution < 1.29 is 9.21 Å². The largest absolute Gasteiger partial charge is 0.461 e. The number of thiophene rings is 1. The number of nitrogens with zero attached hydrogens (tertiary/aromatic N) is 1. The van der Waals surface area contributed by atoms with Gasteiger partial charge in [0.1, 0.15) is 5.70 Å². The Kier molecular flexibility index (Phi) is 2.38. The number of carbonyl (C=O) groups excluding carboxylic acids is 1. The summed E-state index contributed by atoms with van der Waals surface area (Å²) >= 11 is 1.56. The second-order valence-corrected chi connectivity index (χ2v) is 4.42. The van der Waals surface area contributed by atoms with Crippen LogP contribution in [0.3, 0.4) is 0 Å². The third-order valence-corrected chi connectivity index (χ3v) is 3.09. The van der Waals surface area contributed by atoms with Gasteiger partial charge in [0.05, 0.1) is 6.26 Å². The molecule has 0 saturated carbocycles. The molecule has 0 radical (unpaired) electrons. The van der Waals surface area contributed by atoms with Crippen molar-refractivity contribution in [2.45, 2.75) is 0 Å². The maximum atomic E-state index is 11.7. The zero-order valence-corrected chi connectivity index (χ0v) is 9.53. The van der Waals surface area contributed by atoms with E-state index in [9.17, 15) is 4.79 Å². The molecule has 3 rings (SSSR count). The Balaban J connectivity index is 1.95. The molecule has 0 aliphatic carbocycles. The average molecular weight is 244 g/mol. The van der Waals surface area contributed by atoms with Gasteiger partial charge in [0.2, 0.25) is 0 Å². The van der Waals surface area contributed by atoms with Crippen LogP contribution in [0.4, 0.5) is 0 Å². The van der Waals surface area contributed by atoms with Crippen molar-refractivity contribution in [3.63, 3.8) is 0 Å². The maximum absolute atomic E-state index is 11.7. The first-order valence-electron chi connectivity index (χ1n) is 5.02. The fourth-order valence-electron chi connectivity index (χ4n) is 1.51. The smallest absolute Gasteiger partial charge is 0.275 e. The second-order valence-electron chi connectivity index (χ2n) is 3.44. The monoisotopic (exact) mass is 244 g/mol. The summed E-state index contributed by atoms with van der Waals surface area (Å²) in [5.74, 6) is 0.820. The molecule has 84 valence electrons. The number of nitrogens with one attached hydrogen (secondary N) is 1. The van der Waals surface area contributed by atoms with Crippen LogP contribution in [0.15, 0.2) is 51.0 Å². The number of rotatable bonds is 2. The fraction of sp³-hybridized carbons (Fsp3) is 0. The molecule has 1 aliphatic heterocycles. The number of amidine groups is 1. The summed E-state index contributed by atoms with van der Waals surface area (Å²) in [6.45, 7) is 0. The zero-order valence-electron chi connectivity index (χ0n) is 8.71. The predicted octanol–water partition coefficient (Wildman–Crippen LogP) is 2.26. The summed E-state index contributed by atoms with van der Waals surface area (Å²) in [5, 5.41) is 4.63. The Bertz CT molecular complexity index is 595. The van der Waals surface area contributed by atoms with Crippen LogP contribution in [0.5, 0.6) is 0 Å². The van der Waals surface area contributed by atoms with Crippen LogP contribution in [0.2, 0.25) is 0 Å². The van der Waals surface area contributed by atoms with Crippen LogP contribution in [0.1, 0.15) is 10.6 Å². The highest BCUT2D eigenvalue weighted by atomic mass is 32.1. The Morgan fingerprint density at radius 3 is 3.00 bits per heavy atom. The van der Waals surface area contributed by atoms with E-state index in [-0.39, 0.29) is 5.91 Å². The second kappa shape index (κ2) is 4.03. The number of carbonyl (C=O) groups is 1. The van der Waals surface area contributed by atoms with Gasteiger partial charge in [-0.1, -0.05) is 6.07 Å². The molecule has 2 aromatic heterocycles. The highest BCUT2D eigenvalue weighted by Crippen LogP contribution is 2.18. The lowest BCUT2D eigenvalue weighted by Gasteiger charge is -1.92. The topological polar surface area (TPSA) is 54.6 Å². The molecule has 1 amide bonds. The van der Waals surface area contributed by atoms with E-state index < -0.39 is 0 Å². The minimum atomic E-state index is -0.204. The lowest BCUT2D eigenvalue weighted by Crippen LogP contribution is -2.24. The van der Waals surface area contributed by atoms with Gasteiger partial charge in [0, 0.05) is 4.88 Å². The molecule has 2 aromatic rings. The average Bonchev–Trinajstić information content (AvgIpc) is 3.02. The molecule has 0 aromatic carbocycles. The minimum absolute atomic E-state index is 0.204. The fourth-order valence-corrected chi connectivity index (χ4v) is 2.16. The molecular weight excluding hydrogens is 236 g/mol. The van der Waals surface area contributed by atoms with Gasteiger partial charge in [-0.2, -0.15) is 0 Å². The SMILES string of the molecule is O=C1NC(c2ccco2)=N/C1=C/c1cccs1. The number of hydrogen-bond acceptors (Lipinski definition) is 4. The molecule has 1 aliphatic rings. The number of furan rings is 1. The highest BCUT2D eigenvalue weighted by molar-refractivity contribution is 7.10. The van der Waals surface area contributed by atoms with E-state index in [2.05, 4.69) is 10.3 Å². The number of aliphatic imine (C=N–C) groups is 1. The van der Waals surface area contributed by atoms with Gasteiger partial charge in [0.15, 0.2) is 11.6 Å². The van der Waals surface area contributed by atoms with Crippen LogP contribution < -0.4 is 5.32 Å². The van der Waals surface area contributed by atoms with Gasteiger partial charge in [0.25, 0.3) is 5.91 Å². The summed E-state index contributed by atoms with van der Waals surface area (Å²) in [7, 11) is 0. The van der Waals surface area contributed by atoms with Crippen molar-refractivity contribution >= 4 is 29.2 Å². The third-order valence-electron chi connectivity index (χ3n) is 2.27. The molecule has 0 saturated heterocycles.